The molecule has 3 aromatic rings. The molecule has 1 aliphatic carbocycles. The summed E-state index contributed by atoms with van der Waals surface area (Å²) in [5.41, 5.74) is 0.815. The number of hydrogen-bond acceptors (Lipinski definition) is 7. The van der Waals surface area contributed by atoms with E-state index in [0.717, 1.165) is 15.0 Å². The second kappa shape index (κ2) is 7.32. The van der Waals surface area contributed by atoms with Crippen molar-refractivity contribution in [1.29, 1.82) is 0 Å². The van der Waals surface area contributed by atoms with Gasteiger partial charge in [0.15, 0.2) is 0 Å². The highest BCUT2D eigenvalue weighted by Crippen LogP contribution is 2.53. The maximum absolute atomic E-state index is 10.7. The van der Waals surface area contributed by atoms with Crippen LogP contribution in [0.4, 0.5) is 0 Å². The van der Waals surface area contributed by atoms with Gasteiger partial charge >= 0.3 is 0 Å². The van der Waals surface area contributed by atoms with Crippen molar-refractivity contribution in [3.8, 4) is 11.5 Å². The zero-order valence-corrected chi connectivity index (χ0v) is 17.8. The fraction of sp³-hybridized carbons (Fsp3) is 0.333. The van der Waals surface area contributed by atoms with Crippen LogP contribution in [0.3, 0.4) is 0 Å². The van der Waals surface area contributed by atoms with Crippen molar-refractivity contribution >= 4 is 27.0 Å². The maximum Gasteiger partial charge on any atom is 0.130 e. The number of aliphatic hydroxyl groups excluding tert-OH is 3. The Labute approximate surface area is 183 Å². The van der Waals surface area contributed by atoms with Gasteiger partial charge in [0.25, 0.3) is 0 Å². The summed E-state index contributed by atoms with van der Waals surface area (Å²) in [6.07, 6.45) is -3.42. The van der Waals surface area contributed by atoms with Crippen molar-refractivity contribution < 1.29 is 29.9 Å². The molecule has 0 radical (unpaired) electrons. The van der Waals surface area contributed by atoms with Gasteiger partial charge in [-0.2, -0.15) is 0 Å². The fourth-order valence-corrected chi connectivity index (χ4v) is 5.44. The Hall–Kier alpha value is -2.42. The summed E-state index contributed by atoms with van der Waals surface area (Å²) in [6, 6.07) is 13.3. The van der Waals surface area contributed by atoms with Crippen LogP contribution in [0, 0.1) is 0 Å². The highest BCUT2D eigenvalue weighted by Gasteiger charge is 2.61. The number of phenolic OH excluding ortho intramolecular Hbond substituents is 1. The van der Waals surface area contributed by atoms with Crippen LogP contribution in [0.5, 0.6) is 11.5 Å². The van der Waals surface area contributed by atoms with E-state index in [4.69, 9.17) is 9.47 Å². The molecule has 1 spiro atoms. The first-order valence-electron chi connectivity index (χ1n) is 10.1. The summed E-state index contributed by atoms with van der Waals surface area (Å²) in [7, 11) is 1.52. The predicted molar refractivity (Wildman–Crippen MR) is 118 cm³/mol. The topological polar surface area (TPSA) is 99.4 Å². The lowest BCUT2D eigenvalue weighted by Crippen LogP contribution is -2.46. The molecule has 2 aliphatic rings. The third-order valence-corrected chi connectivity index (χ3v) is 7.49. The summed E-state index contributed by atoms with van der Waals surface area (Å²) >= 11 is 1.60. The lowest BCUT2D eigenvalue weighted by molar-refractivity contribution is -0.191. The number of methoxy groups -OCH3 is 1. The van der Waals surface area contributed by atoms with Crippen molar-refractivity contribution in [2.75, 3.05) is 7.11 Å². The molecule has 0 bridgehead atoms. The molecular weight excluding hydrogens is 416 g/mol. The van der Waals surface area contributed by atoms with E-state index in [1.54, 1.807) is 17.4 Å². The molecule has 2 fully saturated rings. The number of thiophene rings is 1. The van der Waals surface area contributed by atoms with Crippen molar-refractivity contribution in [1.82, 2.24) is 0 Å². The van der Waals surface area contributed by atoms with Crippen LogP contribution in [0.15, 0.2) is 49.0 Å². The molecule has 2 unspecified atom stereocenters. The van der Waals surface area contributed by atoms with E-state index in [2.05, 4.69) is 12.6 Å². The summed E-state index contributed by atoms with van der Waals surface area (Å²) in [5.74, 6) is 0.323. The quantitative estimate of drug-likeness (QED) is 0.497. The first kappa shape index (κ1) is 20.5. The Morgan fingerprint density at radius 1 is 1.16 bits per heavy atom. The average Bonchev–Trinajstić information content (AvgIpc) is 3.17. The maximum atomic E-state index is 10.7. The van der Waals surface area contributed by atoms with Crippen molar-refractivity contribution in [2.45, 2.75) is 42.9 Å². The molecule has 2 heterocycles. The molecule has 5 rings (SSSR count). The number of rotatable bonds is 4. The molecular formula is C24H24O6S. The van der Waals surface area contributed by atoms with Crippen LogP contribution in [-0.2, 0) is 4.74 Å². The van der Waals surface area contributed by atoms with Crippen molar-refractivity contribution in [2.24, 2.45) is 0 Å². The molecule has 1 aromatic heterocycles. The normalized spacial score (nSPS) is 29.9. The van der Waals surface area contributed by atoms with Crippen LogP contribution in [0.2, 0.25) is 0 Å². The minimum absolute atomic E-state index is 0.117. The molecule has 1 aliphatic heterocycles. The summed E-state index contributed by atoms with van der Waals surface area (Å²) < 4.78 is 12.7. The Morgan fingerprint density at radius 3 is 2.58 bits per heavy atom. The number of fused-ring (bicyclic) bond motifs is 1. The number of aromatic hydroxyl groups is 1. The van der Waals surface area contributed by atoms with Crippen LogP contribution in [0.1, 0.15) is 34.9 Å². The van der Waals surface area contributed by atoms with E-state index >= 15 is 0 Å². The van der Waals surface area contributed by atoms with Gasteiger partial charge in [-0.15, -0.1) is 11.3 Å². The Morgan fingerprint density at radius 2 is 1.90 bits per heavy atom. The fourth-order valence-electron chi connectivity index (χ4n) is 4.39. The van der Waals surface area contributed by atoms with Crippen LogP contribution in [0.25, 0.3) is 15.7 Å². The van der Waals surface area contributed by atoms with E-state index in [-0.39, 0.29) is 12.2 Å². The van der Waals surface area contributed by atoms with Gasteiger partial charge in [0.2, 0.25) is 0 Å². The van der Waals surface area contributed by atoms with Crippen LogP contribution >= 0.6 is 11.3 Å². The first-order chi connectivity index (χ1) is 14.8. The van der Waals surface area contributed by atoms with E-state index in [1.165, 1.54) is 13.2 Å². The van der Waals surface area contributed by atoms with Gasteiger partial charge in [-0.25, -0.2) is 0 Å². The zero-order valence-electron chi connectivity index (χ0n) is 17.0. The first-order valence-corrected chi connectivity index (χ1v) is 11.0. The van der Waals surface area contributed by atoms with E-state index < -0.39 is 30.0 Å². The number of aliphatic hydroxyl groups is 3. The Kier molecular flexibility index (Phi) is 4.84. The molecule has 1 saturated carbocycles. The van der Waals surface area contributed by atoms with Crippen LogP contribution in [-0.4, -0.2) is 51.4 Å². The van der Waals surface area contributed by atoms with Gasteiger partial charge in [0.1, 0.15) is 29.3 Å². The number of ether oxygens (including phenoxy) is 2. The molecule has 2 aromatic carbocycles. The summed E-state index contributed by atoms with van der Waals surface area (Å²) in [5, 5.41) is 42.8. The zero-order chi connectivity index (χ0) is 21.9. The Balaban J connectivity index is 1.57. The predicted octanol–water partition coefficient (Wildman–Crippen LogP) is 3.36. The molecule has 162 valence electrons. The minimum Gasteiger partial charge on any atom is -0.507 e. The van der Waals surface area contributed by atoms with Gasteiger partial charge in [-0.3, -0.25) is 0 Å². The molecule has 7 heteroatoms. The van der Waals surface area contributed by atoms with Gasteiger partial charge in [-0.05, 0) is 29.2 Å². The number of phenols is 1. The van der Waals surface area contributed by atoms with Gasteiger partial charge in [-0.1, -0.05) is 24.8 Å². The summed E-state index contributed by atoms with van der Waals surface area (Å²) in [6.45, 7) is 4.26. The largest absolute Gasteiger partial charge is 0.507 e. The lowest BCUT2D eigenvalue weighted by Gasteiger charge is -2.38. The summed E-state index contributed by atoms with van der Waals surface area (Å²) in [4.78, 5) is 0.954. The van der Waals surface area contributed by atoms with Gasteiger partial charge in [0, 0.05) is 39.6 Å². The SMILES string of the molecule is C=C(c1cc2ccccc2s1)c1cc([C@@H]2OC3(C[C@H](O)C2O)C[C@@H]3O)c(O)cc1OC. The molecule has 31 heavy (non-hydrogen) atoms. The molecule has 5 atom stereocenters. The van der Waals surface area contributed by atoms with E-state index in [0.29, 0.717) is 28.9 Å². The van der Waals surface area contributed by atoms with Gasteiger partial charge in [0.05, 0.1) is 19.3 Å². The second-order valence-electron chi connectivity index (χ2n) is 8.32. The second-order valence-corrected chi connectivity index (χ2v) is 9.41. The van der Waals surface area contributed by atoms with Gasteiger partial charge < -0.3 is 29.9 Å². The number of benzene rings is 2. The third kappa shape index (κ3) is 3.33. The standard InChI is InChI=1S/C24H24O6S/c1-12(20-7-13-5-3-4-6-19(13)31-20)14-8-15(16(25)9-18(14)29-2)23-22(28)17(26)10-24(30-23)11-21(24)27/h3-9,17,21-23,25-28H,1,10-11H2,2H3/t17-,21-,22?,23-,24?/m0/s1. The third-order valence-electron chi connectivity index (χ3n) is 6.31. The highest BCUT2D eigenvalue weighted by atomic mass is 32.1. The monoisotopic (exact) mass is 440 g/mol. The average molecular weight is 441 g/mol. The molecule has 1 saturated heterocycles. The Bertz CT molecular complexity index is 1140. The molecule has 6 nitrogen and oxygen atoms in total. The minimum atomic E-state index is -1.23. The van der Waals surface area contributed by atoms with E-state index in [1.807, 2.05) is 24.3 Å². The van der Waals surface area contributed by atoms with Crippen molar-refractivity contribution in [3.63, 3.8) is 0 Å². The highest BCUT2D eigenvalue weighted by molar-refractivity contribution is 7.20. The molecule has 4 N–H and O–H groups in total. The number of hydrogen-bond donors (Lipinski definition) is 4. The smallest absolute Gasteiger partial charge is 0.130 e. The lowest BCUT2D eigenvalue weighted by atomic mass is 9.89. The van der Waals surface area contributed by atoms with E-state index in [9.17, 15) is 20.4 Å². The van der Waals surface area contributed by atoms with Crippen molar-refractivity contribution in [3.05, 3.63) is 65.0 Å². The molecule has 0 amide bonds. The van der Waals surface area contributed by atoms with Crippen LogP contribution < -0.4 is 4.74 Å².